The number of hydrogen-bond donors (Lipinski definition) is 0. The molecule has 0 aliphatic carbocycles. The standard InChI is InChI=1S/2C24H34O2PS2.3Zn/c2*1-17(2)15-19(5)21-11-7-9-13-23(21)29(27(25,26)28)24-14-10-8-12-22(24)20(6)16-18(3)4;;;/h2*7-14,17-20H,15-16H2,1-6H3;;;/q2*-3;3*+2. The van der Waals surface area contributed by atoms with Gasteiger partial charge in [-0.15, -0.1) is 0 Å². The number of rotatable bonds is 16. The average Bonchev–Trinajstić information content (AvgIpc) is 3.10. The van der Waals surface area contributed by atoms with E-state index in [2.05, 4.69) is 107 Å². The van der Waals surface area contributed by atoms with Crippen LogP contribution in [0.1, 0.15) is 155 Å². The quantitative estimate of drug-likeness (QED) is 0.0631. The molecule has 4 unspecified atom stereocenters. The van der Waals surface area contributed by atoms with Gasteiger partial charge in [0.25, 0.3) is 0 Å². The van der Waals surface area contributed by atoms with Crippen molar-refractivity contribution in [1.82, 2.24) is 0 Å². The van der Waals surface area contributed by atoms with Gasteiger partial charge in [-0.3, -0.25) is 0 Å². The van der Waals surface area contributed by atoms with Crippen LogP contribution >= 0.6 is 11.4 Å². The average molecular weight is 1100 g/mol. The summed E-state index contributed by atoms with van der Waals surface area (Å²) < 4.78 is 0. The van der Waals surface area contributed by atoms with E-state index < -0.39 is 31.5 Å². The number of hydrogen-bond acceptors (Lipinski definition) is 6. The van der Waals surface area contributed by atoms with Crippen LogP contribution in [0.25, 0.3) is 0 Å². The molecule has 13 heteroatoms. The van der Waals surface area contributed by atoms with Gasteiger partial charge in [-0.25, -0.2) is 0 Å². The third-order valence-corrected chi connectivity index (χ3v) is 22.2. The van der Waals surface area contributed by atoms with E-state index in [4.69, 9.17) is 24.5 Å². The van der Waals surface area contributed by atoms with Crippen molar-refractivity contribution in [1.29, 1.82) is 0 Å². The van der Waals surface area contributed by atoms with E-state index in [1.54, 1.807) is 0 Å². The molecule has 4 atom stereocenters. The third kappa shape index (κ3) is 19.2. The maximum Gasteiger partial charge on any atom is 2.00 e. The van der Waals surface area contributed by atoms with Crippen LogP contribution < -0.4 is 19.6 Å². The Bertz CT molecular complexity index is 1760. The van der Waals surface area contributed by atoms with E-state index in [0.29, 0.717) is 23.7 Å². The Morgan fingerprint density at radius 1 is 0.361 bits per heavy atom. The molecule has 4 aromatic rings. The molecule has 0 N–H and O–H groups in total. The van der Waals surface area contributed by atoms with Gasteiger partial charge in [0.15, 0.2) is 0 Å². The Morgan fingerprint density at radius 3 is 0.672 bits per heavy atom. The predicted molar refractivity (Wildman–Crippen MR) is 254 cm³/mol. The van der Waals surface area contributed by atoms with Gasteiger partial charge in [0, 0.05) is 19.6 Å². The SMILES string of the molecule is CC(C)CC(C)c1ccccc1S(c1ccccc1C(C)CC(C)C)=P([O-])([O-])[S-].CC(C)CC(C)c1ccccc1S(c1ccccc1C(C)CC(C)C)=P([O-])([O-])[S-].[Zn+2].[Zn+2].[Zn+2]. The fourth-order valence-electron chi connectivity index (χ4n) is 8.31. The summed E-state index contributed by atoms with van der Waals surface area (Å²) in [6.07, 6.45) is 4.06. The molecule has 0 fully saturated rings. The van der Waals surface area contributed by atoms with Crippen molar-refractivity contribution >= 4 is 56.0 Å². The van der Waals surface area contributed by atoms with Crippen molar-refractivity contribution in [2.24, 2.45) is 23.7 Å². The Kier molecular flexibility index (Phi) is 29.3. The summed E-state index contributed by atoms with van der Waals surface area (Å²) in [5.41, 5.74) is -3.69. The second-order valence-electron chi connectivity index (χ2n) is 17.7. The second kappa shape index (κ2) is 28.9. The van der Waals surface area contributed by atoms with Gasteiger partial charge in [-0.2, -0.15) is 20.1 Å². The zero-order chi connectivity index (χ0) is 43.5. The maximum absolute atomic E-state index is 13.0. The topological polar surface area (TPSA) is 92.2 Å². The van der Waals surface area contributed by atoms with Crippen molar-refractivity contribution in [2.45, 2.75) is 152 Å². The molecule has 0 heterocycles. The van der Waals surface area contributed by atoms with E-state index in [1.165, 1.54) is 0 Å². The Hall–Kier alpha value is 0.850. The van der Waals surface area contributed by atoms with Crippen LogP contribution in [0.2, 0.25) is 0 Å². The minimum Gasteiger partial charge on any atom is -0.853 e. The van der Waals surface area contributed by atoms with Crippen LogP contribution in [0.4, 0.5) is 0 Å². The van der Waals surface area contributed by atoms with Gasteiger partial charge in [-0.1, -0.05) is 156 Å². The third-order valence-electron chi connectivity index (χ3n) is 10.4. The summed E-state index contributed by atoms with van der Waals surface area (Å²) in [6, 6.07) is 31.9. The predicted octanol–water partition coefficient (Wildman–Crippen LogP) is 11.9. The van der Waals surface area contributed by atoms with Gasteiger partial charge in [-0.05, 0) is 120 Å². The molecule has 0 bridgehead atoms. The molecule has 4 nitrogen and oxygen atoms in total. The van der Waals surface area contributed by atoms with Gasteiger partial charge in [0.05, 0.1) is 0 Å². The molecule has 4 aromatic carbocycles. The summed E-state index contributed by atoms with van der Waals surface area (Å²) >= 11 is 10.3. The van der Waals surface area contributed by atoms with Crippen LogP contribution in [0.3, 0.4) is 0 Å². The van der Waals surface area contributed by atoms with E-state index in [-0.39, 0.29) is 82.1 Å². The first kappa shape index (κ1) is 61.9. The van der Waals surface area contributed by atoms with Crippen molar-refractivity contribution in [3.8, 4) is 0 Å². The first-order chi connectivity index (χ1) is 27.0. The molecule has 0 saturated heterocycles. The molecule has 0 aliphatic heterocycles. The summed E-state index contributed by atoms with van der Waals surface area (Å²) in [6.45, 7) is 26.4. The van der Waals surface area contributed by atoms with Gasteiger partial charge >= 0.3 is 58.4 Å². The summed E-state index contributed by atoms with van der Waals surface area (Å²) in [5, 5.41) is 0. The maximum atomic E-state index is 13.0. The molecule has 0 radical (unpaired) electrons. The first-order valence-electron chi connectivity index (χ1n) is 20.9. The van der Waals surface area contributed by atoms with Crippen molar-refractivity contribution < 1.29 is 78.0 Å². The molecule has 0 amide bonds. The summed E-state index contributed by atoms with van der Waals surface area (Å²) in [4.78, 5) is 55.4. The molecular formula is C48H68O4P2S4Zn3. The van der Waals surface area contributed by atoms with Gasteiger partial charge in [0.1, 0.15) is 0 Å². The fraction of sp³-hybridized carbons (Fsp3) is 0.500. The Morgan fingerprint density at radius 2 is 0.525 bits per heavy atom. The molecule has 0 spiro atoms. The summed E-state index contributed by atoms with van der Waals surface area (Å²) in [7, 11) is -2.30. The molecule has 0 aliphatic rings. The van der Waals surface area contributed by atoms with Gasteiger partial charge < -0.3 is 55.5 Å². The largest absolute Gasteiger partial charge is 2.00 e. The van der Waals surface area contributed by atoms with Crippen LogP contribution in [0.15, 0.2) is 117 Å². The summed E-state index contributed by atoms with van der Waals surface area (Å²) in [5.74, 6) is 3.29. The second-order valence-corrected chi connectivity index (χ2v) is 31.8. The minimum absolute atomic E-state index is 0. The molecule has 0 aromatic heterocycles. The molecule has 61 heavy (non-hydrogen) atoms. The van der Waals surface area contributed by atoms with Crippen molar-refractivity contribution in [3.63, 3.8) is 0 Å². The smallest absolute Gasteiger partial charge is 0.853 e. The van der Waals surface area contributed by atoms with Crippen LogP contribution in [0.5, 0.6) is 0 Å². The fourth-order valence-corrected chi connectivity index (χ4v) is 20.3. The van der Waals surface area contributed by atoms with E-state index in [9.17, 15) is 19.6 Å². The monoisotopic (exact) mass is 1090 g/mol. The van der Waals surface area contributed by atoms with Crippen molar-refractivity contribution in [2.75, 3.05) is 0 Å². The van der Waals surface area contributed by atoms with Gasteiger partial charge in [0.2, 0.25) is 0 Å². The molecule has 4 rings (SSSR count). The van der Waals surface area contributed by atoms with E-state index in [1.807, 2.05) is 72.8 Å². The molecular weight excluding hydrogens is 1030 g/mol. The zero-order valence-corrected chi connectivity index (χ0v) is 52.9. The zero-order valence-electron chi connectivity index (χ0n) is 39.0. The molecule has 0 saturated carbocycles. The van der Waals surface area contributed by atoms with E-state index in [0.717, 1.165) is 67.5 Å². The van der Waals surface area contributed by atoms with Crippen molar-refractivity contribution in [3.05, 3.63) is 119 Å². The van der Waals surface area contributed by atoms with Crippen LogP contribution in [0, 0.1) is 23.7 Å². The number of benzene rings is 4. The van der Waals surface area contributed by atoms with Crippen LogP contribution in [-0.4, -0.2) is 0 Å². The van der Waals surface area contributed by atoms with Crippen LogP contribution in [-0.2, 0) is 103 Å². The normalized spacial score (nSPS) is 14.8. The minimum atomic E-state index is -4.06. The first-order valence-corrected chi connectivity index (χ1v) is 29.9. The Labute approximate surface area is 424 Å². The molecule has 324 valence electrons. The van der Waals surface area contributed by atoms with E-state index >= 15 is 0 Å². The Balaban J connectivity index is 0.00000112.